The third kappa shape index (κ3) is 6.46. The largest absolute Gasteiger partial charge is 0.490 e. The number of rotatable bonds is 10. The Bertz CT molecular complexity index is 1680. The van der Waals surface area contributed by atoms with E-state index in [2.05, 4.69) is 6.58 Å². The number of nitrogens with zero attached hydrogens (tertiary/aromatic N) is 1. The lowest BCUT2D eigenvalue weighted by Crippen LogP contribution is -2.27. The number of halogens is 2. The first-order chi connectivity index (χ1) is 19.9. The number of carbonyl (C=O) groups excluding carboxylic acids is 2. The van der Waals surface area contributed by atoms with Gasteiger partial charge >= 0.3 is 0 Å². The predicted octanol–water partition coefficient (Wildman–Crippen LogP) is 9.09. The summed E-state index contributed by atoms with van der Waals surface area (Å²) >= 11 is 13.3. The normalized spacial score (nSPS) is 14.2. The third-order valence-corrected chi connectivity index (χ3v) is 8.08. The molecule has 0 radical (unpaired) electrons. The molecule has 4 aromatic carbocycles. The highest BCUT2D eigenvalue weighted by Gasteiger charge is 2.35. The molecule has 1 saturated heterocycles. The summed E-state index contributed by atoms with van der Waals surface area (Å²) in [7, 11) is 0. The Morgan fingerprint density at radius 3 is 2.51 bits per heavy atom. The molecule has 208 valence electrons. The molecule has 0 atom stereocenters. The van der Waals surface area contributed by atoms with Crippen LogP contribution in [0.25, 0.3) is 16.8 Å². The second-order valence-corrected chi connectivity index (χ2v) is 11.2. The minimum Gasteiger partial charge on any atom is -0.490 e. The van der Waals surface area contributed by atoms with Crippen LogP contribution in [-0.4, -0.2) is 22.7 Å². The molecule has 1 aliphatic rings. The van der Waals surface area contributed by atoms with Gasteiger partial charge in [0, 0.05) is 21.2 Å². The van der Waals surface area contributed by atoms with E-state index in [9.17, 15) is 9.59 Å². The molecule has 0 spiro atoms. The van der Waals surface area contributed by atoms with Gasteiger partial charge in [0.15, 0.2) is 11.5 Å². The topological polar surface area (TPSA) is 55.8 Å². The fourth-order valence-electron chi connectivity index (χ4n) is 4.68. The number of hydrogen-bond donors (Lipinski definition) is 0. The van der Waals surface area contributed by atoms with Crippen molar-refractivity contribution in [3.05, 3.63) is 123 Å². The van der Waals surface area contributed by atoms with Crippen LogP contribution >= 0.6 is 35.0 Å². The summed E-state index contributed by atoms with van der Waals surface area (Å²) in [6, 6.07) is 22.8. The Balaban J connectivity index is 1.43. The standard InChI is InChI=1S/C33H27Cl2NO4S/c1-3-8-23-15-21(16-29(39-4-2)31(23)40-20-25-13-14-26(34)18-28(25)35)17-30-32(37)36(33(38)41-30)19-24-11-7-10-22-9-5-6-12-27(22)24/h3,5-7,9-18H,1,4,8,19-20H2,2H3/b30-17+. The number of ether oxygens (including phenoxy) is 2. The second-order valence-electron chi connectivity index (χ2n) is 9.36. The molecule has 1 aliphatic heterocycles. The van der Waals surface area contributed by atoms with Crippen molar-refractivity contribution < 1.29 is 19.1 Å². The van der Waals surface area contributed by atoms with Gasteiger partial charge in [-0.15, -0.1) is 6.58 Å². The van der Waals surface area contributed by atoms with Crippen molar-refractivity contribution in [1.29, 1.82) is 0 Å². The summed E-state index contributed by atoms with van der Waals surface area (Å²) in [5.41, 5.74) is 3.25. The van der Waals surface area contributed by atoms with Gasteiger partial charge in [-0.25, -0.2) is 0 Å². The zero-order chi connectivity index (χ0) is 28.9. The average molecular weight is 605 g/mol. The third-order valence-electron chi connectivity index (χ3n) is 6.59. The van der Waals surface area contributed by atoms with E-state index >= 15 is 0 Å². The molecule has 41 heavy (non-hydrogen) atoms. The minimum absolute atomic E-state index is 0.204. The van der Waals surface area contributed by atoms with Crippen LogP contribution in [0.3, 0.4) is 0 Å². The summed E-state index contributed by atoms with van der Waals surface area (Å²) in [4.78, 5) is 28.0. The minimum atomic E-state index is -0.325. The van der Waals surface area contributed by atoms with Crippen molar-refractivity contribution in [3.63, 3.8) is 0 Å². The maximum absolute atomic E-state index is 13.4. The first kappa shape index (κ1) is 28.8. The van der Waals surface area contributed by atoms with Crippen LogP contribution < -0.4 is 9.47 Å². The lowest BCUT2D eigenvalue weighted by Gasteiger charge is -2.17. The molecule has 0 bridgehead atoms. The smallest absolute Gasteiger partial charge is 0.293 e. The van der Waals surface area contributed by atoms with E-state index in [1.807, 2.05) is 67.6 Å². The van der Waals surface area contributed by atoms with E-state index in [0.717, 1.165) is 44.8 Å². The molecular formula is C33H27Cl2NO4S. The Hall–Kier alpha value is -3.71. The zero-order valence-corrected chi connectivity index (χ0v) is 24.7. The summed E-state index contributed by atoms with van der Waals surface area (Å²) in [5.74, 6) is 0.769. The molecule has 1 fully saturated rings. The van der Waals surface area contributed by atoms with Crippen LogP contribution in [0.4, 0.5) is 4.79 Å². The second kappa shape index (κ2) is 12.9. The van der Waals surface area contributed by atoms with Crippen molar-refractivity contribution in [3.8, 4) is 11.5 Å². The molecule has 0 aromatic heterocycles. The summed E-state index contributed by atoms with van der Waals surface area (Å²) in [6.07, 6.45) is 4.01. The van der Waals surface area contributed by atoms with Crippen LogP contribution in [0.2, 0.25) is 10.0 Å². The van der Waals surface area contributed by atoms with Gasteiger partial charge in [-0.2, -0.15) is 0 Å². The van der Waals surface area contributed by atoms with E-state index in [-0.39, 0.29) is 24.3 Å². The van der Waals surface area contributed by atoms with E-state index in [1.165, 1.54) is 4.90 Å². The first-order valence-corrected chi connectivity index (χ1v) is 14.6. The van der Waals surface area contributed by atoms with E-state index in [1.54, 1.807) is 24.3 Å². The summed E-state index contributed by atoms with van der Waals surface area (Å²) < 4.78 is 12.2. The molecule has 0 saturated carbocycles. The van der Waals surface area contributed by atoms with Crippen molar-refractivity contribution in [1.82, 2.24) is 4.90 Å². The highest BCUT2D eigenvalue weighted by atomic mass is 35.5. The van der Waals surface area contributed by atoms with Gasteiger partial charge < -0.3 is 9.47 Å². The van der Waals surface area contributed by atoms with E-state index < -0.39 is 0 Å². The highest BCUT2D eigenvalue weighted by Crippen LogP contribution is 2.39. The SMILES string of the molecule is C=CCc1cc(/C=C2/SC(=O)N(Cc3cccc4ccccc34)C2=O)cc(OCC)c1OCc1ccc(Cl)cc1Cl. The van der Waals surface area contributed by atoms with Gasteiger partial charge in [0.2, 0.25) is 0 Å². The van der Waals surface area contributed by atoms with Crippen molar-refractivity contribution in [2.45, 2.75) is 26.5 Å². The quantitative estimate of drug-likeness (QED) is 0.134. The number of carbonyl (C=O) groups is 2. The molecule has 4 aromatic rings. The van der Waals surface area contributed by atoms with E-state index in [4.69, 9.17) is 32.7 Å². The van der Waals surface area contributed by atoms with Gasteiger partial charge in [0.25, 0.3) is 11.1 Å². The average Bonchev–Trinajstić information content (AvgIpc) is 3.21. The molecular weight excluding hydrogens is 577 g/mol. The van der Waals surface area contributed by atoms with Crippen molar-refractivity contribution in [2.75, 3.05) is 6.61 Å². The fraction of sp³-hybridized carbons (Fsp3) is 0.152. The molecule has 1 heterocycles. The Labute approximate surface area is 253 Å². The molecule has 5 rings (SSSR count). The first-order valence-electron chi connectivity index (χ1n) is 13.1. The monoisotopic (exact) mass is 603 g/mol. The molecule has 5 nitrogen and oxygen atoms in total. The number of amides is 2. The maximum Gasteiger partial charge on any atom is 0.293 e. The van der Waals surface area contributed by atoms with Crippen LogP contribution in [0.1, 0.15) is 29.2 Å². The van der Waals surface area contributed by atoms with Gasteiger partial charge in [0.05, 0.1) is 18.1 Å². The molecule has 0 unspecified atom stereocenters. The van der Waals surface area contributed by atoms with Crippen LogP contribution in [0.5, 0.6) is 11.5 Å². The summed E-state index contributed by atoms with van der Waals surface area (Å²) in [6.45, 7) is 6.60. The molecule has 2 amide bonds. The summed E-state index contributed by atoms with van der Waals surface area (Å²) in [5, 5.41) is 2.84. The van der Waals surface area contributed by atoms with Crippen molar-refractivity contribution >= 4 is 63.0 Å². The van der Waals surface area contributed by atoms with Gasteiger partial charge in [-0.1, -0.05) is 77.8 Å². The number of benzene rings is 4. The zero-order valence-electron chi connectivity index (χ0n) is 22.4. The van der Waals surface area contributed by atoms with Gasteiger partial charge in [-0.05, 0) is 77.3 Å². The van der Waals surface area contributed by atoms with Gasteiger partial charge in [0.1, 0.15) is 6.61 Å². The molecule has 8 heteroatoms. The predicted molar refractivity (Wildman–Crippen MR) is 168 cm³/mol. The Kier molecular flexibility index (Phi) is 9.03. The Morgan fingerprint density at radius 2 is 1.73 bits per heavy atom. The number of fused-ring (bicyclic) bond motifs is 1. The number of allylic oxidation sites excluding steroid dienone is 1. The number of hydrogen-bond acceptors (Lipinski definition) is 5. The van der Waals surface area contributed by atoms with E-state index in [0.29, 0.717) is 39.5 Å². The molecule has 0 N–H and O–H groups in total. The van der Waals surface area contributed by atoms with Crippen LogP contribution in [-0.2, 0) is 24.4 Å². The number of imide groups is 1. The van der Waals surface area contributed by atoms with Crippen molar-refractivity contribution in [2.24, 2.45) is 0 Å². The maximum atomic E-state index is 13.4. The van der Waals surface area contributed by atoms with Crippen LogP contribution in [0.15, 0.2) is 90.4 Å². The van der Waals surface area contributed by atoms with Gasteiger partial charge in [-0.3, -0.25) is 14.5 Å². The number of thioether (sulfide) groups is 1. The highest BCUT2D eigenvalue weighted by molar-refractivity contribution is 8.18. The fourth-order valence-corrected chi connectivity index (χ4v) is 5.98. The Morgan fingerprint density at radius 1 is 0.927 bits per heavy atom. The lowest BCUT2D eigenvalue weighted by atomic mass is 10.0. The molecule has 0 aliphatic carbocycles. The van der Waals surface area contributed by atoms with Crippen LogP contribution in [0, 0.1) is 0 Å². The lowest BCUT2D eigenvalue weighted by molar-refractivity contribution is -0.123.